The minimum Gasteiger partial charge on any atom is -0.494 e. The van der Waals surface area contributed by atoms with E-state index in [1.165, 1.54) is 18.2 Å². The number of hydrogen-bond donors (Lipinski definition) is 1. The largest absolute Gasteiger partial charge is 0.494 e. The number of rotatable bonds is 8. The smallest absolute Gasteiger partial charge is 0.281 e. The van der Waals surface area contributed by atoms with Crippen LogP contribution in [-0.4, -0.2) is 25.5 Å². The molecule has 6 nitrogen and oxygen atoms in total. The first-order valence-electron chi connectivity index (χ1n) is 11.0. The lowest BCUT2D eigenvalue weighted by Gasteiger charge is -2.13. The third kappa shape index (κ3) is 5.64. The second-order valence-corrected chi connectivity index (χ2v) is 10.7. The van der Waals surface area contributed by atoms with Gasteiger partial charge in [-0.15, -0.1) is 0 Å². The molecule has 182 valence electrons. The van der Waals surface area contributed by atoms with Gasteiger partial charge in [-0.25, -0.2) is 13.1 Å². The summed E-state index contributed by atoms with van der Waals surface area (Å²) in [6.07, 6.45) is 0.598. The zero-order valence-electron chi connectivity index (χ0n) is 19.2. The van der Waals surface area contributed by atoms with Gasteiger partial charge in [-0.1, -0.05) is 47.5 Å². The Labute approximate surface area is 214 Å². The van der Waals surface area contributed by atoms with Crippen molar-refractivity contribution < 1.29 is 17.9 Å². The summed E-state index contributed by atoms with van der Waals surface area (Å²) in [5.74, 6) is 0.0124. The number of nitrogens with one attached hydrogen (secondary N) is 1. The molecule has 0 radical (unpaired) electrons. The Kier molecular flexibility index (Phi) is 7.40. The molecular weight excluding hydrogens is 507 g/mol. The number of fused-ring (bicyclic) bond motifs is 1. The van der Waals surface area contributed by atoms with E-state index in [2.05, 4.69) is 4.72 Å². The predicted octanol–water partition coefficient (Wildman–Crippen LogP) is 6.15. The molecule has 4 rings (SSSR count). The third-order valence-electron chi connectivity index (χ3n) is 5.58. The molecule has 1 N–H and O–H groups in total. The Morgan fingerprint density at radius 2 is 1.69 bits per heavy atom. The highest BCUT2D eigenvalue weighted by Gasteiger charge is 2.22. The lowest BCUT2D eigenvalue weighted by atomic mass is 10.1. The Hall–Kier alpha value is -3.00. The molecule has 4 aromatic rings. The van der Waals surface area contributed by atoms with E-state index in [4.69, 9.17) is 27.9 Å². The van der Waals surface area contributed by atoms with Crippen molar-refractivity contribution in [1.82, 2.24) is 9.29 Å². The van der Waals surface area contributed by atoms with E-state index in [0.717, 1.165) is 32.8 Å². The number of ether oxygens (including phenoxy) is 1. The number of carbonyl (C=O) groups excluding carboxylic acids is 1. The van der Waals surface area contributed by atoms with Crippen LogP contribution in [0.25, 0.3) is 10.9 Å². The summed E-state index contributed by atoms with van der Waals surface area (Å²) in [4.78, 5) is 13.0. The predicted molar refractivity (Wildman–Crippen MR) is 139 cm³/mol. The average Bonchev–Trinajstić information content (AvgIpc) is 3.19. The van der Waals surface area contributed by atoms with Crippen LogP contribution in [0.5, 0.6) is 5.75 Å². The second-order valence-electron chi connectivity index (χ2n) is 8.21. The first-order chi connectivity index (χ1) is 16.7. The van der Waals surface area contributed by atoms with Gasteiger partial charge in [-0.05, 0) is 73.9 Å². The van der Waals surface area contributed by atoms with Crippen LogP contribution < -0.4 is 9.46 Å². The topological polar surface area (TPSA) is 77.4 Å². The van der Waals surface area contributed by atoms with Crippen molar-refractivity contribution in [3.8, 4) is 5.75 Å². The Balaban J connectivity index is 1.52. The maximum Gasteiger partial charge on any atom is 0.281 e. The number of amides is 1. The van der Waals surface area contributed by atoms with Crippen LogP contribution in [-0.2, 0) is 16.6 Å². The number of carbonyl (C=O) groups is 1. The highest BCUT2D eigenvalue weighted by Crippen LogP contribution is 2.26. The van der Waals surface area contributed by atoms with E-state index in [-0.39, 0.29) is 15.6 Å². The zero-order chi connectivity index (χ0) is 25.2. The number of hydrogen-bond acceptors (Lipinski definition) is 4. The maximum atomic E-state index is 13.1. The normalized spacial score (nSPS) is 11.5. The fourth-order valence-corrected chi connectivity index (χ4v) is 5.28. The van der Waals surface area contributed by atoms with E-state index >= 15 is 0 Å². The van der Waals surface area contributed by atoms with Crippen molar-refractivity contribution >= 4 is 50.0 Å². The molecule has 0 aliphatic heterocycles. The summed E-state index contributed by atoms with van der Waals surface area (Å²) in [5, 5.41) is 1.82. The van der Waals surface area contributed by atoms with Crippen LogP contribution in [0.4, 0.5) is 0 Å². The van der Waals surface area contributed by atoms with E-state index < -0.39 is 15.9 Å². The van der Waals surface area contributed by atoms with Crippen molar-refractivity contribution in [2.75, 3.05) is 6.61 Å². The number of aryl methyl sites for hydroxylation is 3. The van der Waals surface area contributed by atoms with Crippen molar-refractivity contribution in [2.45, 2.75) is 31.7 Å². The molecule has 9 heteroatoms. The number of para-hydroxylation sites is 1. The van der Waals surface area contributed by atoms with Gasteiger partial charge in [-0.2, -0.15) is 0 Å². The molecule has 0 unspecified atom stereocenters. The summed E-state index contributed by atoms with van der Waals surface area (Å²) in [5.41, 5.74) is 2.96. The molecule has 0 saturated heterocycles. The number of halogens is 2. The van der Waals surface area contributed by atoms with E-state index in [0.29, 0.717) is 19.6 Å². The molecule has 1 aromatic heterocycles. The Bertz CT molecular complexity index is 1490. The number of benzene rings is 3. The van der Waals surface area contributed by atoms with Gasteiger partial charge in [0.15, 0.2) is 0 Å². The fourth-order valence-electron chi connectivity index (χ4n) is 3.91. The van der Waals surface area contributed by atoms with Crippen LogP contribution in [0.1, 0.15) is 28.0 Å². The molecule has 0 aliphatic rings. The summed E-state index contributed by atoms with van der Waals surface area (Å²) in [6, 6.07) is 18.7. The number of aromatic nitrogens is 1. The first kappa shape index (κ1) is 25.1. The first-order valence-corrected chi connectivity index (χ1v) is 13.2. The number of sulfonamides is 1. The summed E-state index contributed by atoms with van der Waals surface area (Å²) < 4.78 is 35.4. The van der Waals surface area contributed by atoms with Crippen molar-refractivity contribution in [2.24, 2.45) is 0 Å². The molecule has 0 atom stereocenters. The van der Waals surface area contributed by atoms with E-state index in [1.807, 2.05) is 50.2 Å². The van der Waals surface area contributed by atoms with Gasteiger partial charge < -0.3 is 9.30 Å². The SMILES string of the molecule is Cc1cc(OCCCn2c(C(=O)NS(=O)(=O)c3cccc(Cl)c3)cc3ccccc32)cc(C)c1Cl. The van der Waals surface area contributed by atoms with Crippen molar-refractivity contribution in [3.05, 3.63) is 93.6 Å². The summed E-state index contributed by atoms with van der Waals surface area (Å²) in [6.45, 7) is 4.72. The number of nitrogens with zero attached hydrogens (tertiary/aromatic N) is 1. The molecule has 0 spiro atoms. The molecule has 35 heavy (non-hydrogen) atoms. The van der Waals surface area contributed by atoms with Gasteiger partial charge in [0, 0.05) is 27.5 Å². The highest BCUT2D eigenvalue weighted by molar-refractivity contribution is 7.90. The van der Waals surface area contributed by atoms with Crippen molar-refractivity contribution in [3.63, 3.8) is 0 Å². The maximum absolute atomic E-state index is 13.1. The monoisotopic (exact) mass is 530 g/mol. The Morgan fingerprint density at radius 1 is 0.971 bits per heavy atom. The molecule has 0 aliphatic carbocycles. The van der Waals surface area contributed by atoms with Gasteiger partial charge in [-0.3, -0.25) is 4.79 Å². The third-order valence-corrected chi connectivity index (χ3v) is 7.74. The molecule has 1 amide bonds. The van der Waals surface area contributed by atoms with Gasteiger partial charge in [0.2, 0.25) is 0 Å². The Morgan fingerprint density at radius 3 is 2.40 bits per heavy atom. The molecular formula is C26H24Cl2N2O4S. The zero-order valence-corrected chi connectivity index (χ0v) is 21.5. The van der Waals surface area contributed by atoms with Crippen LogP contribution in [0.2, 0.25) is 10.0 Å². The lowest BCUT2D eigenvalue weighted by Crippen LogP contribution is -2.32. The molecule has 0 fully saturated rings. The molecule has 1 heterocycles. The van der Waals surface area contributed by atoms with Crippen LogP contribution in [0, 0.1) is 13.8 Å². The standard InChI is InChI=1S/C26H24Cl2N2O4S/c1-17-13-21(14-18(2)25(17)28)34-12-6-11-30-23-10-4-3-7-19(23)15-24(30)26(31)29-35(32,33)22-9-5-8-20(27)16-22/h3-5,7-10,13-16H,6,11-12H2,1-2H3,(H,29,31). The van der Waals surface area contributed by atoms with Crippen molar-refractivity contribution in [1.29, 1.82) is 0 Å². The van der Waals surface area contributed by atoms with Crippen LogP contribution in [0.15, 0.2) is 71.6 Å². The minimum atomic E-state index is -4.09. The van der Waals surface area contributed by atoms with Gasteiger partial charge in [0.05, 0.1) is 11.5 Å². The van der Waals surface area contributed by atoms with Gasteiger partial charge in [0.1, 0.15) is 11.4 Å². The fraction of sp³-hybridized carbons (Fsp3) is 0.192. The second kappa shape index (κ2) is 10.3. The lowest BCUT2D eigenvalue weighted by molar-refractivity contribution is 0.0972. The molecule has 0 saturated carbocycles. The quantitative estimate of drug-likeness (QED) is 0.277. The van der Waals surface area contributed by atoms with Crippen LogP contribution in [0.3, 0.4) is 0 Å². The summed E-state index contributed by atoms with van der Waals surface area (Å²) in [7, 11) is -4.09. The van der Waals surface area contributed by atoms with Gasteiger partial charge in [0.25, 0.3) is 15.9 Å². The van der Waals surface area contributed by atoms with Crippen LogP contribution >= 0.6 is 23.2 Å². The van der Waals surface area contributed by atoms with E-state index in [9.17, 15) is 13.2 Å². The highest BCUT2D eigenvalue weighted by atomic mass is 35.5. The average molecular weight is 531 g/mol. The molecule has 3 aromatic carbocycles. The summed E-state index contributed by atoms with van der Waals surface area (Å²) >= 11 is 12.2. The van der Waals surface area contributed by atoms with E-state index in [1.54, 1.807) is 16.7 Å². The molecule has 0 bridgehead atoms. The minimum absolute atomic E-state index is 0.0806. The van der Waals surface area contributed by atoms with Gasteiger partial charge >= 0.3 is 0 Å².